The van der Waals surface area contributed by atoms with Gasteiger partial charge >= 0.3 is 6.09 Å². The van der Waals surface area contributed by atoms with Gasteiger partial charge in [0.25, 0.3) is 0 Å². The van der Waals surface area contributed by atoms with E-state index in [4.69, 9.17) is 4.74 Å². The lowest BCUT2D eigenvalue weighted by Crippen LogP contribution is -2.52. The Balaban J connectivity index is 2.75. The summed E-state index contributed by atoms with van der Waals surface area (Å²) in [4.78, 5) is 14.1. The molecule has 4 nitrogen and oxygen atoms in total. The fraction of sp³-hybridized carbons (Fsp3) is 0.929. The van der Waals surface area contributed by atoms with Crippen LogP contribution in [0.15, 0.2) is 0 Å². The van der Waals surface area contributed by atoms with Gasteiger partial charge in [0, 0.05) is 18.7 Å². The summed E-state index contributed by atoms with van der Waals surface area (Å²) in [5.74, 6) is 0.309. The highest BCUT2D eigenvalue weighted by molar-refractivity contribution is 5.69. The molecule has 3 atom stereocenters. The Hall–Kier alpha value is -0.770. The van der Waals surface area contributed by atoms with Crippen LogP contribution in [0.25, 0.3) is 0 Å². The lowest BCUT2D eigenvalue weighted by Gasteiger charge is -2.43. The molecule has 1 fully saturated rings. The maximum atomic E-state index is 12.2. The second kappa shape index (κ2) is 5.91. The highest BCUT2D eigenvalue weighted by Crippen LogP contribution is 2.30. The molecule has 1 N–H and O–H groups in total. The number of likely N-dealkylation sites (tertiary alicyclic amines) is 1. The molecule has 1 unspecified atom stereocenters. The molecule has 4 heteroatoms. The van der Waals surface area contributed by atoms with Crippen LogP contribution in [-0.4, -0.2) is 40.4 Å². The van der Waals surface area contributed by atoms with Crippen molar-refractivity contribution in [1.82, 2.24) is 4.90 Å². The van der Waals surface area contributed by atoms with E-state index in [1.165, 1.54) is 0 Å². The van der Waals surface area contributed by atoms with Crippen molar-refractivity contribution in [1.29, 1.82) is 0 Å². The molecule has 1 heterocycles. The first-order chi connectivity index (χ1) is 8.28. The molecule has 1 rings (SSSR count). The van der Waals surface area contributed by atoms with Crippen molar-refractivity contribution in [3.05, 3.63) is 0 Å². The molecule has 0 aliphatic carbocycles. The van der Waals surface area contributed by atoms with Gasteiger partial charge in [-0.3, -0.25) is 0 Å². The van der Waals surface area contributed by atoms with Crippen molar-refractivity contribution in [3.63, 3.8) is 0 Å². The molecule has 106 valence electrons. The molecular weight excluding hydrogens is 230 g/mol. The highest BCUT2D eigenvalue weighted by Gasteiger charge is 2.37. The zero-order valence-corrected chi connectivity index (χ0v) is 12.3. The van der Waals surface area contributed by atoms with E-state index < -0.39 is 5.60 Å². The summed E-state index contributed by atoms with van der Waals surface area (Å²) in [6.07, 6.45) is 2.40. The van der Waals surface area contributed by atoms with Crippen molar-refractivity contribution in [2.75, 3.05) is 6.61 Å². The number of hydrogen-bond donors (Lipinski definition) is 1. The number of amides is 1. The van der Waals surface area contributed by atoms with Crippen LogP contribution in [0.3, 0.4) is 0 Å². The molecule has 0 saturated carbocycles. The summed E-state index contributed by atoms with van der Waals surface area (Å²) < 4.78 is 5.47. The normalized spacial score (nSPS) is 29.2. The molecule has 0 spiro atoms. The SMILES string of the molecule is CC[C@H]1CC(CO)C[C@@H](C)N1C(=O)OC(C)(C)C. The zero-order chi connectivity index (χ0) is 13.9. The predicted octanol–water partition coefficient (Wildman–Crippen LogP) is 2.79. The second-order valence-electron chi connectivity index (χ2n) is 6.32. The van der Waals surface area contributed by atoms with E-state index >= 15 is 0 Å². The molecule has 1 aliphatic heterocycles. The number of piperidine rings is 1. The van der Waals surface area contributed by atoms with Gasteiger partial charge in [-0.25, -0.2) is 4.79 Å². The third-order valence-electron chi connectivity index (χ3n) is 3.48. The van der Waals surface area contributed by atoms with E-state index in [0.717, 1.165) is 19.3 Å². The number of hydrogen-bond acceptors (Lipinski definition) is 3. The molecular formula is C14H27NO3. The Kier molecular flexibility index (Phi) is 5.02. The minimum atomic E-state index is -0.455. The molecule has 1 amide bonds. The Morgan fingerprint density at radius 3 is 2.44 bits per heavy atom. The Labute approximate surface area is 110 Å². The van der Waals surface area contributed by atoms with Crippen molar-refractivity contribution in [3.8, 4) is 0 Å². The van der Waals surface area contributed by atoms with Crippen LogP contribution < -0.4 is 0 Å². The third-order valence-corrected chi connectivity index (χ3v) is 3.48. The number of aliphatic hydroxyl groups excluding tert-OH is 1. The minimum Gasteiger partial charge on any atom is -0.444 e. The van der Waals surface area contributed by atoms with Gasteiger partial charge < -0.3 is 14.7 Å². The van der Waals surface area contributed by atoms with E-state index in [-0.39, 0.29) is 24.8 Å². The van der Waals surface area contributed by atoms with E-state index in [0.29, 0.717) is 5.92 Å². The van der Waals surface area contributed by atoms with Gasteiger partial charge in [-0.15, -0.1) is 0 Å². The first-order valence-electron chi connectivity index (χ1n) is 6.90. The molecule has 18 heavy (non-hydrogen) atoms. The van der Waals surface area contributed by atoms with Gasteiger partial charge in [0.15, 0.2) is 0 Å². The lowest BCUT2D eigenvalue weighted by molar-refractivity contribution is -0.0159. The van der Waals surface area contributed by atoms with Gasteiger partial charge in [0.05, 0.1) is 0 Å². The molecule has 0 bridgehead atoms. The van der Waals surface area contributed by atoms with Gasteiger partial charge in [-0.1, -0.05) is 6.92 Å². The number of ether oxygens (including phenoxy) is 1. The number of rotatable bonds is 2. The van der Waals surface area contributed by atoms with Crippen LogP contribution in [0.2, 0.25) is 0 Å². The van der Waals surface area contributed by atoms with Crippen molar-refractivity contribution in [2.45, 2.75) is 71.6 Å². The van der Waals surface area contributed by atoms with Gasteiger partial charge in [0.1, 0.15) is 5.60 Å². The quantitative estimate of drug-likeness (QED) is 0.827. The van der Waals surface area contributed by atoms with Crippen LogP contribution in [0.1, 0.15) is 53.9 Å². The Bertz CT molecular complexity index is 285. The largest absolute Gasteiger partial charge is 0.444 e. The topological polar surface area (TPSA) is 49.8 Å². The van der Waals surface area contributed by atoms with Crippen LogP contribution in [0, 0.1) is 5.92 Å². The van der Waals surface area contributed by atoms with Crippen LogP contribution >= 0.6 is 0 Å². The van der Waals surface area contributed by atoms with Crippen LogP contribution in [0.5, 0.6) is 0 Å². The number of nitrogens with zero attached hydrogens (tertiary/aromatic N) is 1. The minimum absolute atomic E-state index is 0.135. The van der Waals surface area contributed by atoms with Crippen LogP contribution in [-0.2, 0) is 4.74 Å². The molecule has 0 aromatic heterocycles. The summed E-state index contributed by atoms with van der Waals surface area (Å²) in [5.41, 5.74) is -0.455. The molecule has 1 saturated heterocycles. The summed E-state index contributed by atoms with van der Waals surface area (Å²) in [6, 6.07) is 0.316. The predicted molar refractivity (Wildman–Crippen MR) is 71.4 cm³/mol. The summed E-state index contributed by atoms with van der Waals surface area (Å²) in [5, 5.41) is 9.30. The second-order valence-corrected chi connectivity index (χ2v) is 6.32. The standard InChI is InChI=1S/C14H27NO3/c1-6-12-8-11(9-16)7-10(2)15(12)13(17)18-14(3,4)5/h10-12,16H,6-9H2,1-5H3/t10-,11?,12+/m1/s1. The highest BCUT2D eigenvalue weighted by atomic mass is 16.6. The number of carbonyl (C=O) groups excluding carboxylic acids is 1. The fourth-order valence-electron chi connectivity index (χ4n) is 2.71. The zero-order valence-electron chi connectivity index (χ0n) is 12.3. The Morgan fingerprint density at radius 1 is 1.39 bits per heavy atom. The van der Waals surface area contributed by atoms with Gasteiger partial charge in [-0.2, -0.15) is 0 Å². The fourth-order valence-corrected chi connectivity index (χ4v) is 2.71. The molecule has 0 radical (unpaired) electrons. The average molecular weight is 257 g/mol. The number of aliphatic hydroxyl groups is 1. The third kappa shape index (κ3) is 3.87. The maximum absolute atomic E-state index is 12.2. The smallest absolute Gasteiger partial charge is 0.410 e. The van der Waals surface area contributed by atoms with Crippen molar-refractivity contribution >= 4 is 6.09 Å². The van der Waals surface area contributed by atoms with Crippen LogP contribution in [0.4, 0.5) is 4.79 Å². The summed E-state index contributed by atoms with van der Waals surface area (Å²) >= 11 is 0. The van der Waals surface area contributed by atoms with E-state index in [9.17, 15) is 9.90 Å². The summed E-state index contributed by atoms with van der Waals surface area (Å²) in [6.45, 7) is 9.98. The van der Waals surface area contributed by atoms with E-state index in [2.05, 4.69) is 6.92 Å². The van der Waals surface area contributed by atoms with E-state index in [1.807, 2.05) is 32.6 Å². The average Bonchev–Trinajstić information content (AvgIpc) is 2.24. The first-order valence-corrected chi connectivity index (χ1v) is 6.90. The molecule has 1 aliphatic rings. The molecule has 0 aromatic carbocycles. The monoisotopic (exact) mass is 257 g/mol. The lowest BCUT2D eigenvalue weighted by atomic mass is 9.86. The van der Waals surface area contributed by atoms with E-state index in [1.54, 1.807) is 0 Å². The summed E-state index contributed by atoms with van der Waals surface area (Å²) in [7, 11) is 0. The molecule has 0 aromatic rings. The maximum Gasteiger partial charge on any atom is 0.410 e. The number of carbonyl (C=O) groups is 1. The first kappa shape index (κ1) is 15.3. The van der Waals surface area contributed by atoms with Crippen molar-refractivity contribution in [2.24, 2.45) is 5.92 Å². The Morgan fingerprint density at radius 2 is 2.00 bits per heavy atom. The van der Waals surface area contributed by atoms with Gasteiger partial charge in [0.2, 0.25) is 0 Å². The van der Waals surface area contributed by atoms with Crippen molar-refractivity contribution < 1.29 is 14.6 Å². The van der Waals surface area contributed by atoms with Gasteiger partial charge in [-0.05, 0) is 52.9 Å².